The van der Waals surface area contributed by atoms with Crippen LogP contribution in [0.2, 0.25) is 0 Å². The van der Waals surface area contributed by atoms with Crippen LogP contribution >= 0.6 is 11.3 Å². The van der Waals surface area contributed by atoms with Crippen molar-refractivity contribution in [3.05, 3.63) is 21.9 Å². The maximum absolute atomic E-state index is 11.8. The van der Waals surface area contributed by atoms with Gasteiger partial charge in [-0.3, -0.25) is 14.4 Å². The molecule has 0 unspecified atom stereocenters. The summed E-state index contributed by atoms with van der Waals surface area (Å²) in [6.45, 7) is 1.82. The lowest BCUT2D eigenvalue weighted by Crippen LogP contribution is -2.41. The topological polar surface area (TPSA) is 95.5 Å². The van der Waals surface area contributed by atoms with Crippen molar-refractivity contribution in [1.29, 1.82) is 0 Å². The van der Waals surface area contributed by atoms with Gasteiger partial charge in [0.05, 0.1) is 17.3 Å². The highest BCUT2D eigenvalue weighted by molar-refractivity contribution is 7.13. The summed E-state index contributed by atoms with van der Waals surface area (Å²) in [5, 5.41) is 14.2. The largest absolute Gasteiger partial charge is 0.481 e. The summed E-state index contributed by atoms with van der Waals surface area (Å²) in [4.78, 5) is 36.0. The Kier molecular flexibility index (Phi) is 4.95. The molecule has 0 aliphatic heterocycles. The van der Waals surface area contributed by atoms with Gasteiger partial charge in [-0.05, 0) is 38.3 Å². The van der Waals surface area contributed by atoms with Crippen molar-refractivity contribution < 1.29 is 19.5 Å². The molecule has 2 rings (SSSR count). The standard InChI is InChI=1S/C14H18N2O4S/c1-8-2-5-11(21-8)13(18)15-7-12(17)16-10-4-3-9(6-10)14(19)20/h2,5,9-10H,3-4,6-7H2,1H3,(H,15,18)(H,16,17)(H,19,20)/t9-,10+/m1/s1. The Balaban J connectivity index is 1.73. The van der Waals surface area contributed by atoms with E-state index in [1.807, 2.05) is 13.0 Å². The Bertz CT molecular complexity index is 555. The zero-order valence-corrected chi connectivity index (χ0v) is 12.5. The number of aryl methyl sites for hydroxylation is 1. The van der Waals surface area contributed by atoms with Crippen LogP contribution in [0.3, 0.4) is 0 Å². The van der Waals surface area contributed by atoms with E-state index in [1.54, 1.807) is 6.07 Å². The normalized spacial score (nSPS) is 21.0. The van der Waals surface area contributed by atoms with Crippen molar-refractivity contribution >= 4 is 29.1 Å². The second-order valence-electron chi connectivity index (χ2n) is 5.21. The molecule has 114 valence electrons. The van der Waals surface area contributed by atoms with Gasteiger partial charge in [-0.1, -0.05) is 0 Å². The molecule has 6 nitrogen and oxygen atoms in total. The van der Waals surface area contributed by atoms with E-state index in [4.69, 9.17) is 5.11 Å². The molecule has 1 heterocycles. The third kappa shape index (κ3) is 4.29. The van der Waals surface area contributed by atoms with Gasteiger partial charge in [0.25, 0.3) is 5.91 Å². The van der Waals surface area contributed by atoms with Gasteiger partial charge < -0.3 is 15.7 Å². The van der Waals surface area contributed by atoms with Crippen LogP contribution in [0, 0.1) is 12.8 Å². The zero-order valence-electron chi connectivity index (χ0n) is 11.7. The highest BCUT2D eigenvalue weighted by Gasteiger charge is 2.30. The Morgan fingerprint density at radius 3 is 2.67 bits per heavy atom. The zero-order chi connectivity index (χ0) is 15.4. The third-order valence-corrected chi connectivity index (χ3v) is 4.52. The van der Waals surface area contributed by atoms with Crippen LogP contribution in [0.15, 0.2) is 12.1 Å². The van der Waals surface area contributed by atoms with Gasteiger partial charge in [-0.2, -0.15) is 0 Å². The van der Waals surface area contributed by atoms with E-state index in [0.717, 1.165) is 4.88 Å². The second kappa shape index (κ2) is 6.71. The number of carboxylic acid groups (broad SMARTS) is 1. The molecule has 1 saturated carbocycles. The number of thiophene rings is 1. The summed E-state index contributed by atoms with van der Waals surface area (Å²) in [6, 6.07) is 3.46. The van der Waals surface area contributed by atoms with Crippen LogP contribution in [0.25, 0.3) is 0 Å². The van der Waals surface area contributed by atoms with Gasteiger partial charge in [0.15, 0.2) is 0 Å². The minimum Gasteiger partial charge on any atom is -0.481 e. The third-order valence-electron chi connectivity index (χ3n) is 3.52. The molecular formula is C14H18N2O4S. The van der Waals surface area contributed by atoms with E-state index in [0.29, 0.717) is 24.1 Å². The Hall–Kier alpha value is -1.89. The summed E-state index contributed by atoms with van der Waals surface area (Å²) < 4.78 is 0. The van der Waals surface area contributed by atoms with E-state index in [-0.39, 0.29) is 30.3 Å². The molecule has 1 aromatic rings. The number of nitrogens with one attached hydrogen (secondary N) is 2. The maximum atomic E-state index is 11.8. The molecule has 1 fully saturated rings. The molecule has 0 radical (unpaired) electrons. The monoisotopic (exact) mass is 310 g/mol. The van der Waals surface area contributed by atoms with Crippen molar-refractivity contribution in [1.82, 2.24) is 10.6 Å². The van der Waals surface area contributed by atoms with E-state index >= 15 is 0 Å². The number of hydrogen-bond acceptors (Lipinski definition) is 4. The van der Waals surface area contributed by atoms with Crippen LogP contribution in [0.5, 0.6) is 0 Å². The lowest BCUT2D eigenvalue weighted by atomic mass is 10.1. The lowest BCUT2D eigenvalue weighted by Gasteiger charge is -2.12. The van der Waals surface area contributed by atoms with Crippen LogP contribution in [0.1, 0.15) is 33.8 Å². The first-order chi connectivity index (χ1) is 9.95. The van der Waals surface area contributed by atoms with Crippen molar-refractivity contribution in [2.45, 2.75) is 32.2 Å². The molecule has 0 aromatic carbocycles. The molecule has 1 aliphatic carbocycles. The summed E-state index contributed by atoms with van der Waals surface area (Å²) in [5.41, 5.74) is 0. The Labute approximate surface area is 126 Å². The van der Waals surface area contributed by atoms with Crippen molar-refractivity contribution in [3.8, 4) is 0 Å². The molecule has 1 aliphatic rings. The van der Waals surface area contributed by atoms with Crippen LogP contribution in [0.4, 0.5) is 0 Å². The highest BCUT2D eigenvalue weighted by atomic mass is 32.1. The van der Waals surface area contributed by atoms with E-state index in [1.165, 1.54) is 11.3 Å². The highest BCUT2D eigenvalue weighted by Crippen LogP contribution is 2.25. The number of hydrogen-bond donors (Lipinski definition) is 3. The molecule has 2 atom stereocenters. The maximum Gasteiger partial charge on any atom is 0.306 e. The Morgan fingerprint density at radius 2 is 2.10 bits per heavy atom. The van der Waals surface area contributed by atoms with Crippen molar-refractivity contribution in [3.63, 3.8) is 0 Å². The first-order valence-corrected chi connectivity index (χ1v) is 7.64. The first kappa shape index (κ1) is 15.5. The van der Waals surface area contributed by atoms with Gasteiger partial charge in [-0.15, -0.1) is 11.3 Å². The van der Waals surface area contributed by atoms with Gasteiger partial charge in [0.1, 0.15) is 0 Å². The van der Waals surface area contributed by atoms with Gasteiger partial charge >= 0.3 is 5.97 Å². The first-order valence-electron chi connectivity index (χ1n) is 6.82. The second-order valence-corrected chi connectivity index (χ2v) is 6.49. The summed E-state index contributed by atoms with van der Waals surface area (Å²) >= 11 is 1.37. The van der Waals surface area contributed by atoms with Gasteiger partial charge in [-0.25, -0.2) is 0 Å². The predicted molar refractivity (Wildman–Crippen MR) is 78.3 cm³/mol. The van der Waals surface area contributed by atoms with Crippen LogP contribution in [-0.2, 0) is 9.59 Å². The molecule has 3 N–H and O–H groups in total. The summed E-state index contributed by atoms with van der Waals surface area (Å²) in [5.74, 6) is -1.74. The number of carboxylic acids is 1. The van der Waals surface area contributed by atoms with Crippen molar-refractivity contribution in [2.75, 3.05) is 6.54 Å². The molecule has 7 heteroatoms. The summed E-state index contributed by atoms with van der Waals surface area (Å²) in [6.07, 6.45) is 1.71. The fraction of sp³-hybridized carbons (Fsp3) is 0.500. The van der Waals surface area contributed by atoms with Crippen LogP contribution in [-0.4, -0.2) is 35.5 Å². The minimum absolute atomic E-state index is 0.0932. The fourth-order valence-corrected chi connectivity index (χ4v) is 3.20. The fourth-order valence-electron chi connectivity index (χ4n) is 2.42. The number of amides is 2. The molecule has 0 spiro atoms. The number of carbonyl (C=O) groups excluding carboxylic acids is 2. The molecule has 0 bridgehead atoms. The van der Waals surface area contributed by atoms with E-state index in [9.17, 15) is 14.4 Å². The molecule has 0 saturated heterocycles. The van der Waals surface area contributed by atoms with E-state index in [2.05, 4.69) is 10.6 Å². The van der Waals surface area contributed by atoms with E-state index < -0.39 is 5.97 Å². The van der Waals surface area contributed by atoms with Crippen LogP contribution < -0.4 is 10.6 Å². The predicted octanol–water partition coefficient (Wildman–Crippen LogP) is 1.16. The van der Waals surface area contributed by atoms with Crippen molar-refractivity contribution in [2.24, 2.45) is 5.92 Å². The molecule has 2 amide bonds. The molecular weight excluding hydrogens is 292 g/mol. The smallest absolute Gasteiger partial charge is 0.306 e. The number of aliphatic carboxylic acids is 1. The van der Waals surface area contributed by atoms with Gasteiger partial charge in [0, 0.05) is 10.9 Å². The summed E-state index contributed by atoms with van der Waals surface area (Å²) in [7, 11) is 0. The SMILES string of the molecule is Cc1ccc(C(=O)NCC(=O)N[C@H]2CC[C@@H](C(=O)O)C2)s1. The number of carbonyl (C=O) groups is 3. The molecule has 21 heavy (non-hydrogen) atoms. The van der Waals surface area contributed by atoms with Gasteiger partial charge in [0.2, 0.25) is 5.91 Å². The lowest BCUT2D eigenvalue weighted by molar-refractivity contribution is -0.141. The molecule has 1 aromatic heterocycles. The Morgan fingerprint density at radius 1 is 1.33 bits per heavy atom. The average Bonchev–Trinajstić information content (AvgIpc) is 3.05. The average molecular weight is 310 g/mol. The minimum atomic E-state index is -0.812. The quantitative estimate of drug-likeness (QED) is 0.760. The number of rotatable bonds is 5.